The Balaban J connectivity index is 1.11. The van der Waals surface area contributed by atoms with Gasteiger partial charge in [-0.2, -0.15) is 0 Å². The average molecular weight is 492 g/mol. The number of hydrogen-bond donors (Lipinski definition) is 2. The van der Waals surface area contributed by atoms with Gasteiger partial charge in [0.15, 0.2) is 5.13 Å². The number of piperazine rings is 1. The molecule has 186 valence electrons. The zero-order chi connectivity index (χ0) is 24.2. The van der Waals surface area contributed by atoms with Crippen molar-refractivity contribution in [3.8, 4) is 16.9 Å². The second kappa shape index (κ2) is 11.0. The third kappa shape index (κ3) is 5.80. The van der Waals surface area contributed by atoms with Gasteiger partial charge in [0.25, 0.3) is 0 Å². The maximum absolute atomic E-state index is 9.52. The summed E-state index contributed by atoms with van der Waals surface area (Å²) < 4.78 is 0. The molecular formula is C28H37N5OS. The van der Waals surface area contributed by atoms with E-state index in [-0.39, 0.29) is 0 Å². The summed E-state index contributed by atoms with van der Waals surface area (Å²) in [5.41, 5.74) is 10.8. The second-order valence-electron chi connectivity index (χ2n) is 9.78. The first kappa shape index (κ1) is 24.1. The second-order valence-corrected chi connectivity index (χ2v) is 10.9. The van der Waals surface area contributed by atoms with Gasteiger partial charge in [-0.3, -0.25) is 9.80 Å². The summed E-state index contributed by atoms with van der Waals surface area (Å²) in [6.07, 6.45) is 4.57. The Morgan fingerprint density at radius 2 is 1.69 bits per heavy atom. The quantitative estimate of drug-likeness (QED) is 0.484. The number of hydrogen-bond acceptors (Lipinski definition) is 7. The van der Waals surface area contributed by atoms with Crippen LogP contribution in [0.15, 0.2) is 48.5 Å². The van der Waals surface area contributed by atoms with E-state index < -0.39 is 0 Å². The number of nitrogen functional groups attached to an aromatic ring is 1. The Labute approximate surface area is 213 Å². The number of anilines is 2. The van der Waals surface area contributed by atoms with Crippen LogP contribution in [-0.4, -0.2) is 71.7 Å². The fourth-order valence-electron chi connectivity index (χ4n) is 5.47. The highest BCUT2D eigenvalue weighted by molar-refractivity contribution is 7.15. The predicted molar refractivity (Wildman–Crippen MR) is 146 cm³/mol. The number of phenolic OH excluding ortho intramolecular Hbond substituents is 1. The molecule has 0 radical (unpaired) electrons. The zero-order valence-corrected chi connectivity index (χ0v) is 21.5. The SMILES string of the molecule is CCCN(CCN1CCN(c2ccc(-c3ccc(O)cc3)cc2)CC1)C1CCc2nc(N)sc2C1. The van der Waals surface area contributed by atoms with Crippen molar-refractivity contribution in [1.29, 1.82) is 0 Å². The number of nitrogens with zero attached hydrogens (tertiary/aromatic N) is 4. The summed E-state index contributed by atoms with van der Waals surface area (Å²) in [5.74, 6) is 0.305. The van der Waals surface area contributed by atoms with Gasteiger partial charge in [0.05, 0.1) is 5.69 Å². The molecule has 1 aliphatic carbocycles. The molecule has 35 heavy (non-hydrogen) atoms. The van der Waals surface area contributed by atoms with Gasteiger partial charge in [0.2, 0.25) is 0 Å². The van der Waals surface area contributed by atoms with Gasteiger partial charge in [-0.15, -0.1) is 11.3 Å². The first-order valence-corrected chi connectivity index (χ1v) is 13.8. The number of aromatic nitrogens is 1. The molecule has 1 saturated heterocycles. The van der Waals surface area contributed by atoms with Crippen molar-refractivity contribution < 1.29 is 5.11 Å². The maximum atomic E-state index is 9.52. The molecule has 0 amide bonds. The minimum atomic E-state index is 0.305. The standard InChI is InChI=1S/C28H37N5OS/c1-2-13-32(24-9-12-26-27(20-24)35-28(29)30-26)17-14-31-15-18-33(19-16-31)23-7-3-21(4-8-23)22-5-10-25(34)11-6-22/h3-8,10-11,24,34H,2,9,12-20H2,1H3,(H2,29,30). The largest absolute Gasteiger partial charge is 0.508 e. The van der Waals surface area contributed by atoms with Crippen molar-refractivity contribution in [2.75, 3.05) is 56.4 Å². The lowest BCUT2D eigenvalue weighted by Crippen LogP contribution is -2.50. The van der Waals surface area contributed by atoms with Gasteiger partial charge >= 0.3 is 0 Å². The van der Waals surface area contributed by atoms with Crippen LogP contribution in [0.5, 0.6) is 5.75 Å². The highest BCUT2D eigenvalue weighted by Crippen LogP contribution is 2.30. The Kier molecular flexibility index (Phi) is 7.56. The van der Waals surface area contributed by atoms with Crippen LogP contribution in [0, 0.1) is 0 Å². The van der Waals surface area contributed by atoms with Crippen LogP contribution in [0.25, 0.3) is 11.1 Å². The van der Waals surface area contributed by atoms with Gasteiger partial charge in [0, 0.05) is 55.9 Å². The van der Waals surface area contributed by atoms with Gasteiger partial charge in [-0.05, 0) is 67.6 Å². The maximum Gasteiger partial charge on any atom is 0.180 e. The molecule has 5 rings (SSSR count). The minimum Gasteiger partial charge on any atom is -0.508 e. The van der Waals surface area contributed by atoms with Crippen molar-refractivity contribution in [2.24, 2.45) is 0 Å². The van der Waals surface area contributed by atoms with Crippen molar-refractivity contribution >= 4 is 22.2 Å². The summed E-state index contributed by atoms with van der Waals surface area (Å²) in [5, 5.41) is 10.2. The Hall–Kier alpha value is -2.61. The summed E-state index contributed by atoms with van der Waals surface area (Å²) in [6.45, 7) is 10.1. The molecule has 2 aromatic carbocycles. The number of benzene rings is 2. The van der Waals surface area contributed by atoms with E-state index >= 15 is 0 Å². The molecule has 0 spiro atoms. The summed E-state index contributed by atoms with van der Waals surface area (Å²) in [4.78, 5) is 13.8. The van der Waals surface area contributed by atoms with Crippen LogP contribution in [0.4, 0.5) is 10.8 Å². The van der Waals surface area contributed by atoms with E-state index in [1.54, 1.807) is 23.5 Å². The van der Waals surface area contributed by atoms with Crippen LogP contribution >= 0.6 is 11.3 Å². The van der Waals surface area contributed by atoms with Crippen molar-refractivity contribution in [3.63, 3.8) is 0 Å². The van der Waals surface area contributed by atoms with Crippen LogP contribution in [0.1, 0.15) is 30.3 Å². The van der Waals surface area contributed by atoms with E-state index in [1.165, 1.54) is 41.2 Å². The molecule has 1 fully saturated rings. The summed E-state index contributed by atoms with van der Waals surface area (Å²) in [6, 6.07) is 16.8. The van der Waals surface area contributed by atoms with Crippen LogP contribution in [-0.2, 0) is 12.8 Å². The van der Waals surface area contributed by atoms with Gasteiger partial charge in [0.1, 0.15) is 5.75 Å². The fraction of sp³-hybridized carbons (Fsp3) is 0.464. The van der Waals surface area contributed by atoms with E-state index in [0.29, 0.717) is 11.8 Å². The minimum absolute atomic E-state index is 0.305. The number of aryl methyl sites for hydroxylation is 1. The number of thiazole rings is 1. The highest BCUT2D eigenvalue weighted by Gasteiger charge is 2.27. The molecule has 1 aliphatic heterocycles. The normalized spacial score (nSPS) is 18.7. The molecule has 2 heterocycles. The average Bonchev–Trinajstić information content (AvgIpc) is 3.27. The lowest BCUT2D eigenvalue weighted by atomic mass is 9.96. The van der Waals surface area contributed by atoms with E-state index in [9.17, 15) is 5.11 Å². The lowest BCUT2D eigenvalue weighted by molar-refractivity contribution is 0.146. The van der Waals surface area contributed by atoms with Gasteiger partial charge in [-0.25, -0.2) is 4.98 Å². The van der Waals surface area contributed by atoms with E-state index in [4.69, 9.17) is 5.73 Å². The van der Waals surface area contributed by atoms with Gasteiger partial charge < -0.3 is 15.7 Å². The lowest BCUT2D eigenvalue weighted by Gasteiger charge is -2.39. The first-order chi connectivity index (χ1) is 17.1. The van der Waals surface area contributed by atoms with E-state index in [0.717, 1.165) is 62.8 Å². The monoisotopic (exact) mass is 491 g/mol. The summed E-state index contributed by atoms with van der Waals surface area (Å²) in [7, 11) is 0. The predicted octanol–water partition coefficient (Wildman–Crippen LogP) is 4.49. The summed E-state index contributed by atoms with van der Waals surface area (Å²) >= 11 is 1.69. The van der Waals surface area contributed by atoms with Crippen molar-refractivity contribution in [2.45, 2.75) is 38.6 Å². The van der Waals surface area contributed by atoms with Crippen LogP contribution < -0.4 is 10.6 Å². The Bertz CT molecular complexity index is 1090. The van der Waals surface area contributed by atoms with Crippen LogP contribution in [0.3, 0.4) is 0 Å². The van der Waals surface area contributed by atoms with Crippen molar-refractivity contribution in [1.82, 2.24) is 14.8 Å². The molecule has 2 aliphatic rings. The molecule has 7 heteroatoms. The Morgan fingerprint density at radius 3 is 2.37 bits per heavy atom. The Morgan fingerprint density at radius 1 is 1.00 bits per heavy atom. The zero-order valence-electron chi connectivity index (χ0n) is 20.7. The topological polar surface area (TPSA) is 68.9 Å². The number of aromatic hydroxyl groups is 1. The first-order valence-electron chi connectivity index (χ1n) is 12.9. The molecule has 0 saturated carbocycles. The van der Waals surface area contributed by atoms with Crippen LogP contribution in [0.2, 0.25) is 0 Å². The highest BCUT2D eigenvalue weighted by atomic mass is 32.1. The third-order valence-corrected chi connectivity index (χ3v) is 8.42. The third-order valence-electron chi connectivity index (χ3n) is 7.47. The van der Waals surface area contributed by atoms with Gasteiger partial charge in [-0.1, -0.05) is 31.2 Å². The molecular weight excluding hydrogens is 454 g/mol. The van der Waals surface area contributed by atoms with E-state index in [2.05, 4.69) is 50.9 Å². The van der Waals surface area contributed by atoms with E-state index in [1.807, 2.05) is 12.1 Å². The number of nitrogens with two attached hydrogens (primary N) is 1. The molecule has 1 atom stereocenters. The smallest absolute Gasteiger partial charge is 0.180 e. The number of phenols is 1. The molecule has 3 N–H and O–H groups in total. The molecule has 1 aromatic heterocycles. The van der Waals surface area contributed by atoms with Crippen molar-refractivity contribution in [3.05, 3.63) is 59.1 Å². The molecule has 1 unspecified atom stereocenters. The number of rotatable bonds is 8. The number of fused-ring (bicyclic) bond motifs is 1. The fourth-order valence-corrected chi connectivity index (χ4v) is 6.42. The molecule has 0 bridgehead atoms. The molecule has 6 nitrogen and oxygen atoms in total. The molecule has 3 aromatic rings.